The van der Waals surface area contributed by atoms with Crippen LogP contribution in [0, 0.1) is 5.41 Å². The number of nitrogen functional groups attached to an aromatic ring is 1. The zero-order valence-corrected chi connectivity index (χ0v) is 16.3. The summed E-state index contributed by atoms with van der Waals surface area (Å²) in [6.07, 6.45) is 3.49. The molecule has 0 spiro atoms. The van der Waals surface area contributed by atoms with Gasteiger partial charge in [-0.2, -0.15) is 0 Å². The standard InChI is InChI=1S/C22H23N5O2/c1-28-21-5-3-17(14-26-21)15-2-4-19(23)18(12-15)22(24)16-6-7-25-20(13-16)27-8-10-29-11-9-27/h2-7,12-14,24H,8-11,23H2,1H3. The fourth-order valence-electron chi connectivity index (χ4n) is 3.32. The fourth-order valence-corrected chi connectivity index (χ4v) is 3.32. The number of hydrogen-bond acceptors (Lipinski definition) is 7. The van der Waals surface area contributed by atoms with Crippen molar-refractivity contribution in [3.63, 3.8) is 0 Å². The predicted molar refractivity (Wildman–Crippen MR) is 114 cm³/mol. The van der Waals surface area contributed by atoms with Gasteiger partial charge in [0.15, 0.2) is 0 Å². The number of nitrogens with two attached hydrogens (primary N) is 1. The lowest BCUT2D eigenvalue weighted by Crippen LogP contribution is -2.36. The smallest absolute Gasteiger partial charge is 0.212 e. The van der Waals surface area contributed by atoms with E-state index in [-0.39, 0.29) is 0 Å². The summed E-state index contributed by atoms with van der Waals surface area (Å²) in [5.74, 6) is 1.41. The molecule has 0 saturated carbocycles. The summed E-state index contributed by atoms with van der Waals surface area (Å²) < 4.78 is 10.5. The normalized spacial score (nSPS) is 13.9. The SMILES string of the molecule is COc1ccc(-c2ccc(N)c(C(=N)c3ccnc(N4CCOCC4)c3)c2)cn1. The minimum absolute atomic E-state index is 0.364. The Morgan fingerprint density at radius 3 is 2.59 bits per heavy atom. The molecule has 0 radical (unpaired) electrons. The molecule has 29 heavy (non-hydrogen) atoms. The molecule has 7 heteroatoms. The fraction of sp³-hybridized carbons (Fsp3) is 0.227. The number of ether oxygens (including phenoxy) is 2. The van der Waals surface area contributed by atoms with Crippen LogP contribution in [0.4, 0.5) is 11.5 Å². The van der Waals surface area contributed by atoms with E-state index < -0.39 is 0 Å². The molecule has 4 rings (SSSR count). The van der Waals surface area contributed by atoms with Gasteiger partial charge in [0.25, 0.3) is 0 Å². The summed E-state index contributed by atoms with van der Waals surface area (Å²) in [5.41, 5.74) is 10.5. The van der Waals surface area contributed by atoms with Crippen molar-refractivity contribution in [2.24, 2.45) is 0 Å². The van der Waals surface area contributed by atoms with Crippen molar-refractivity contribution in [2.45, 2.75) is 0 Å². The zero-order chi connectivity index (χ0) is 20.2. The lowest BCUT2D eigenvalue weighted by Gasteiger charge is -2.28. The van der Waals surface area contributed by atoms with Gasteiger partial charge in [0.2, 0.25) is 5.88 Å². The van der Waals surface area contributed by atoms with Gasteiger partial charge in [-0.3, -0.25) is 5.41 Å². The van der Waals surface area contributed by atoms with Gasteiger partial charge in [0.05, 0.1) is 26.0 Å². The van der Waals surface area contributed by atoms with Gasteiger partial charge in [0.1, 0.15) is 5.82 Å². The average molecular weight is 389 g/mol. The van der Waals surface area contributed by atoms with Crippen molar-refractivity contribution >= 4 is 17.2 Å². The van der Waals surface area contributed by atoms with E-state index in [4.69, 9.17) is 20.6 Å². The molecule has 0 amide bonds. The molecule has 1 aliphatic heterocycles. The Morgan fingerprint density at radius 2 is 1.86 bits per heavy atom. The van der Waals surface area contributed by atoms with E-state index in [2.05, 4.69) is 14.9 Å². The highest BCUT2D eigenvalue weighted by Gasteiger charge is 2.16. The molecule has 1 aliphatic rings. The van der Waals surface area contributed by atoms with E-state index in [9.17, 15) is 0 Å². The summed E-state index contributed by atoms with van der Waals surface area (Å²) in [6, 6.07) is 13.2. The van der Waals surface area contributed by atoms with E-state index in [0.717, 1.165) is 35.6 Å². The summed E-state index contributed by atoms with van der Waals surface area (Å²) in [6.45, 7) is 2.97. The number of morpholine rings is 1. The monoisotopic (exact) mass is 389 g/mol. The van der Waals surface area contributed by atoms with Crippen molar-refractivity contribution < 1.29 is 9.47 Å². The van der Waals surface area contributed by atoms with E-state index in [1.165, 1.54) is 0 Å². The van der Waals surface area contributed by atoms with Crippen LogP contribution >= 0.6 is 0 Å². The van der Waals surface area contributed by atoms with Gasteiger partial charge in [-0.1, -0.05) is 6.07 Å². The van der Waals surface area contributed by atoms with Crippen molar-refractivity contribution in [1.82, 2.24) is 9.97 Å². The number of pyridine rings is 2. The van der Waals surface area contributed by atoms with E-state index >= 15 is 0 Å². The second-order valence-corrected chi connectivity index (χ2v) is 6.77. The molecule has 2 aromatic heterocycles. The number of benzene rings is 1. The number of rotatable bonds is 5. The third-order valence-electron chi connectivity index (χ3n) is 4.97. The summed E-state index contributed by atoms with van der Waals surface area (Å²) in [7, 11) is 1.59. The largest absolute Gasteiger partial charge is 0.481 e. The van der Waals surface area contributed by atoms with Crippen molar-refractivity contribution in [3.8, 4) is 17.0 Å². The Labute approximate surface area is 169 Å². The highest BCUT2D eigenvalue weighted by molar-refractivity contribution is 6.14. The lowest BCUT2D eigenvalue weighted by atomic mass is 9.97. The summed E-state index contributed by atoms with van der Waals surface area (Å²) in [4.78, 5) is 10.9. The highest BCUT2D eigenvalue weighted by atomic mass is 16.5. The van der Waals surface area contributed by atoms with Crippen LogP contribution in [0.1, 0.15) is 11.1 Å². The summed E-state index contributed by atoms with van der Waals surface area (Å²) >= 11 is 0. The first kappa shape index (κ1) is 18.9. The van der Waals surface area contributed by atoms with Crippen LogP contribution in [0.3, 0.4) is 0 Å². The van der Waals surface area contributed by atoms with Gasteiger partial charge in [-0.25, -0.2) is 9.97 Å². The summed E-state index contributed by atoms with van der Waals surface area (Å²) in [5, 5.41) is 8.76. The molecule has 1 fully saturated rings. The molecule has 0 bridgehead atoms. The molecule has 3 aromatic rings. The van der Waals surface area contributed by atoms with Gasteiger partial charge < -0.3 is 20.1 Å². The number of nitrogens with one attached hydrogen (secondary N) is 1. The van der Waals surface area contributed by atoms with Crippen LogP contribution in [-0.2, 0) is 4.74 Å². The Balaban J connectivity index is 1.64. The molecule has 3 heterocycles. The molecule has 0 aliphatic carbocycles. The maximum absolute atomic E-state index is 8.76. The van der Waals surface area contributed by atoms with Gasteiger partial charge in [-0.15, -0.1) is 0 Å². The zero-order valence-electron chi connectivity index (χ0n) is 16.3. The topological polar surface area (TPSA) is 97.4 Å². The number of hydrogen-bond donors (Lipinski definition) is 2. The van der Waals surface area contributed by atoms with Crippen LogP contribution in [0.2, 0.25) is 0 Å². The van der Waals surface area contributed by atoms with Crippen LogP contribution in [0.5, 0.6) is 5.88 Å². The first-order chi connectivity index (χ1) is 14.2. The third-order valence-corrected chi connectivity index (χ3v) is 4.97. The Kier molecular flexibility index (Phi) is 5.39. The van der Waals surface area contributed by atoms with Crippen LogP contribution in [0.15, 0.2) is 54.9 Å². The van der Waals surface area contributed by atoms with Crippen molar-refractivity contribution in [1.29, 1.82) is 5.41 Å². The van der Waals surface area contributed by atoms with Crippen LogP contribution < -0.4 is 15.4 Å². The lowest BCUT2D eigenvalue weighted by molar-refractivity contribution is 0.122. The first-order valence-electron chi connectivity index (χ1n) is 9.43. The molecule has 7 nitrogen and oxygen atoms in total. The second kappa shape index (κ2) is 8.28. The van der Waals surface area contributed by atoms with Crippen LogP contribution in [-0.4, -0.2) is 49.1 Å². The van der Waals surface area contributed by atoms with Gasteiger partial charge >= 0.3 is 0 Å². The first-order valence-corrected chi connectivity index (χ1v) is 9.43. The molecule has 0 atom stereocenters. The number of methoxy groups -OCH3 is 1. The maximum atomic E-state index is 8.76. The Hall–Kier alpha value is -3.45. The van der Waals surface area contributed by atoms with Gasteiger partial charge in [0, 0.05) is 53.9 Å². The third kappa shape index (κ3) is 4.05. The van der Waals surface area contributed by atoms with Gasteiger partial charge in [-0.05, 0) is 35.9 Å². The minimum Gasteiger partial charge on any atom is -0.481 e. The molecule has 3 N–H and O–H groups in total. The quantitative estimate of drug-likeness (QED) is 0.514. The molecular formula is C22H23N5O2. The Bertz CT molecular complexity index is 1010. The second-order valence-electron chi connectivity index (χ2n) is 6.77. The molecule has 1 aromatic carbocycles. The molecule has 0 unspecified atom stereocenters. The highest BCUT2D eigenvalue weighted by Crippen LogP contribution is 2.27. The molecular weight excluding hydrogens is 366 g/mol. The molecule has 1 saturated heterocycles. The minimum atomic E-state index is 0.364. The Morgan fingerprint density at radius 1 is 1.07 bits per heavy atom. The average Bonchev–Trinajstić information content (AvgIpc) is 2.80. The van der Waals surface area contributed by atoms with E-state index in [1.54, 1.807) is 19.5 Å². The van der Waals surface area contributed by atoms with E-state index in [1.807, 2.05) is 42.5 Å². The number of aromatic nitrogens is 2. The van der Waals surface area contributed by atoms with Crippen LogP contribution in [0.25, 0.3) is 11.1 Å². The number of nitrogens with zero attached hydrogens (tertiary/aromatic N) is 3. The van der Waals surface area contributed by atoms with Crippen molar-refractivity contribution in [2.75, 3.05) is 44.0 Å². The van der Waals surface area contributed by atoms with Crippen molar-refractivity contribution in [3.05, 3.63) is 66.0 Å². The van der Waals surface area contributed by atoms with E-state index in [0.29, 0.717) is 36.1 Å². The molecule has 148 valence electrons. The number of anilines is 2. The predicted octanol–water partition coefficient (Wildman–Crippen LogP) is 2.99. The maximum Gasteiger partial charge on any atom is 0.212 e.